The summed E-state index contributed by atoms with van der Waals surface area (Å²) in [6.45, 7) is 8.78. The van der Waals surface area contributed by atoms with Crippen LogP contribution in [-0.4, -0.2) is 25.3 Å². The molecule has 26 heavy (non-hydrogen) atoms. The molecule has 4 aliphatic rings. The van der Waals surface area contributed by atoms with Crippen LogP contribution in [0.4, 0.5) is 0 Å². The van der Waals surface area contributed by atoms with Crippen LogP contribution in [0.15, 0.2) is 0 Å². The fourth-order valence-electron chi connectivity index (χ4n) is 7.01. The smallest absolute Gasteiger partial charge is 0.139 e. The maximum Gasteiger partial charge on any atom is 0.139 e. The Labute approximate surface area is 188 Å². The molecule has 0 aromatic heterocycles. The summed E-state index contributed by atoms with van der Waals surface area (Å²) in [5, 5.41) is 10.1. The van der Waals surface area contributed by atoms with Gasteiger partial charge in [-0.2, -0.15) is 0 Å². The number of Topliss-reactive ketones (excluding diaryl/α,β-unsaturated/α-hetero) is 1. The topological polar surface area (TPSA) is 37.3 Å². The molecule has 1 N–H and O–H groups in total. The van der Waals surface area contributed by atoms with Crippen molar-refractivity contribution in [3.05, 3.63) is 0 Å². The monoisotopic (exact) mass is 588 g/mol. The number of alkyl halides is 2. The number of hydrogen-bond acceptors (Lipinski definition) is 2. The van der Waals surface area contributed by atoms with Gasteiger partial charge in [0.2, 0.25) is 0 Å². The van der Waals surface area contributed by atoms with E-state index in [1.807, 2.05) is 18.8 Å². The van der Waals surface area contributed by atoms with Crippen molar-refractivity contribution in [1.82, 2.24) is 0 Å². The van der Waals surface area contributed by atoms with E-state index in [2.05, 4.69) is 59.0 Å². The van der Waals surface area contributed by atoms with Gasteiger partial charge in [-0.3, -0.25) is 4.79 Å². The zero-order valence-electron chi connectivity index (χ0n) is 17.3. The molecule has 0 saturated heterocycles. The number of fused-ring (bicyclic) bond motifs is 5. The van der Waals surface area contributed by atoms with Crippen molar-refractivity contribution in [1.29, 1.82) is 0 Å². The first-order valence-electron chi connectivity index (χ1n) is 10.6. The number of carbonyl (C=O) groups excluding carboxylic acids is 1. The Morgan fingerprint density at radius 2 is 1.62 bits per heavy atom. The van der Waals surface area contributed by atoms with E-state index in [1.165, 1.54) is 25.7 Å². The highest BCUT2D eigenvalue weighted by atomic mass is 127. The van der Waals surface area contributed by atoms with Crippen molar-refractivity contribution in [2.24, 2.45) is 28.6 Å². The Kier molecular flexibility index (Phi) is 7.95. The van der Waals surface area contributed by atoms with Gasteiger partial charge in [0.15, 0.2) is 0 Å². The zero-order valence-corrected chi connectivity index (χ0v) is 21.6. The van der Waals surface area contributed by atoms with Crippen LogP contribution in [0.5, 0.6) is 0 Å². The van der Waals surface area contributed by atoms with Gasteiger partial charge in [-0.25, -0.2) is 0 Å². The number of carbonyl (C=O) groups is 1. The summed E-state index contributed by atoms with van der Waals surface area (Å²) >= 11 is 4.94. The molecule has 0 heterocycles. The lowest BCUT2D eigenvalue weighted by molar-refractivity contribution is -0.135. The van der Waals surface area contributed by atoms with Gasteiger partial charge in [0, 0.05) is 15.3 Å². The summed E-state index contributed by atoms with van der Waals surface area (Å²) in [6.07, 6.45) is 9.91. The third-order valence-corrected chi connectivity index (χ3v) is 10.4. The lowest BCUT2D eigenvalue weighted by Crippen LogP contribution is -2.61. The van der Waals surface area contributed by atoms with Gasteiger partial charge in [-0.1, -0.05) is 72.9 Å². The van der Waals surface area contributed by atoms with Crippen LogP contribution in [0.3, 0.4) is 0 Å². The second-order valence-electron chi connectivity index (χ2n) is 9.12. The highest BCUT2D eigenvalue weighted by Crippen LogP contribution is 2.69. The summed E-state index contributed by atoms with van der Waals surface area (Å²) in [6, 6.07) is 0. The maximum absolute atomic E-state index is 12.5. The van der Waals surface area contributed by atoms with E-state index in [0.717, 1.165) is 38.0 Å². The van der Waals surface area contributed by atoms with Crippen LogP contribution in [0, 0.1) is 28.6 Å². The third kappa shape index (κ3) is 3.54. The van der Waals surface area contributed by atoms with Gasteiger partial charge in [0.05, 0.1) is 6.10 Å². The molecule has 0 amide bonds. The van der Waals surface area contributed by atoms with Crippen LogP contribution in [0.2, 0.25) is 0 Å². The number of ketones is 1. The molecule has 4 aliphatic carbocycles. The van der Waals surface area contributed by atoms with Gasteiger partial charge in [0.25, 0.3) is 0 Å². The first-order chi connectivity index (χ1) is 12.3. The quantitative estimate of drug-likeness (QED) is 0.256. The van der Waals surface area contributed by atoms with Crippen molar-refractivity contribution >= 4 is 51.0 Å². The van der Waals surface area contributed by atoms with E-state index in [-0.39, 0.29) is 11.5 Å². The average molecular weight is 588 g/mol. The van der Waals surface area contributed by atoms with E-state index in [4.69, 9.17) is 0 Å². The number of rotatable bonds is 0. The molecule has 0 radical (unpaired) electrons. The minimum absolute atomic E-state index is 0.0327. The molecule has 0 spiro atoms. The minimum Gasteiger partial charge on any atom is -0.393 e. The number of halogens is 2. The molecular weight excluding hydrogens is 550 g/mol. The molecule has 4 saturated carbocycles. The van der Waals surface area contributed by atoms with Gasteiger partial charge < -0.3 is 5.11 Å². The van der Waals surface area contributed by atoms with E-state index >= 15 is 0 Å². The van der Waals surface area contributed by atoms with Crippen molar-refractivity contribution in [3.8, 4) is 0 Å². The lowest BCUT2D eigenvalue weighted by Gasteiger charge is -2.64. The molecule has 0 aromatic carbocycles. The highest BCUT2D eigenvalue weighted by molar-refractivity contribution is 14.1. The fraction of sp³-hybridized carbons (Fsp3) is 0.955. The van der Waals surface area contributed by atoms with E-state index in [0.29, 0.717) is 26.5 Å². The summed E-state index contributed by atoms with van der Waals surface area (Å²) in [4.78, 5) is 14.5. The average Bonchev–Trinajstić information content (AvgIpc) is 2.95. The summed E-state index contributed by atoms with van der Waals surface area (Å²) in [5.74, 6) is 2.58. The molecule has 152 valence electrons. The molecule has 0 bridgehead atoms. The van der Waals surface area contributed by atoms with Gasteiger partial charge in [0.1, 0.15) is 5.78 Å². The number of aliphatic hydroxyl groups excluding tert-OH is 1. The standard InChI is InChI=1S/C19H29IO2.C2H6.CH3I/c1-17-8-6-13(21)11-12(17)5-10-19(20)14-3-4-16(22)18(14,2)9-7-15(17)19;2*1-2/h12-15,21H,3-11H2,1-2H3;1-2H3;1H3. The van der Waals surface area contributed by atoms with Crippen LogP contribution < -0.4 is 0 Å². The molecule has 4 rings (SSSR count). The number of aliphatic hydroxyl groups is 1. The largest absolute Gasteiger partial charge is 0.393 e. The van der Waals surface area contributed by atoms with Crippen LogP contribution in [-0.2, 0) is 4.79 Å². The predicted molar refractivity (Wildman–Crippen MR) is 127 cm³/mol. The maximum atomic E-state index is 12.5. The SMILES string of the molecule is CC.CC12CCC3C4(C)CCC(O)CC4CCC3(I)C1CCC2=O.CI. The molecular formula is C22H38I2O2. The van der Waals surface area contributed by atoms with Crippen molar-refractivity contribution in [2.75, 3.05) is 4.93 Å². The normalized spacial score (nSPS) is 49.5. The van der Waals surface area contributed by atoms with Crippen molar-refractivity contribution in [3.63, 3.8) is 0 Å². The Morgan fingerprint density at radius 1 is 0.962 bits per heavy atom. The number of hydrogen-bond donors (Lipinski definition) is 1. The Bertz CT molecular complexity index is 510. The zero-order chi connectivity index (χ0) is 19.8. The molecule has 0 aliphatic heterocycles. The molecule has 7 unspecified atom stereocenters. The summed E-state index contributed by atoms with van der Waals surface area (Å²) in [7, 11) is 0. The van der Waals surface area contributed by atoms with Crippen LogP contribution in [0.25, 0.3) is 0 Å². The minimum atomic E-state index is -0.0679. The Morgan fingerprint density at radius 3 is 2.27 bits per heavy atom. The Hall–Kier alpha value is 1.09. The molecule has 0 aromatic rings. The van der Waals surface area contributed by atoms with E-state index in [1.54, 1.807) is 0 Å². The summed E-state index contributed by atoms with van der Waals surface area (Å²) < 4.78 is 0.324. The molecule has 4 fully saturated rings. The van der Waals surface area contributed by atoms with Crippen molar-refractivity contribution < 1.29 is 9.90 Å². The first-order valence-corrected chi connectivity index (χ1v) is 13.8. The summed E-state index contributed by atoms with van der Waals surface area (Å²) in [5.41, 5.74) is 0.362. The molecule has 2 nitrogen and oxygen atoms in total. The molecule has 7 atom stereocenters. The lowest BCUT2D eigenvalue weighted by atomic mass is 9.45. The van der Waals surface area contributed by atoms with Crippen molar-refractivity contribution in [2.45, 2.75) is 95.0 Å². The van der Waals surface area contributed by atoms with Crippen LogP contribution >= 0.6 is 45.2 Å². The fourth-order valence-corrected chi connectivity index (χ4v) is 9.34. The Balaban J connectivity index is 0.000000570. The molecule has 4 heteroatoms. The van der Waals surface area contributed by atoms with E-state index < -0.39 is 0 Å². The van der Waals surface area contributed by atoms with Crippen LogP contribution in [0.1, 0.15) is 85.5 Å². The van der Waals surface area contributed by atoms with Gasteiger partial charge >= 0.3 is 0 Å². The third-order valence-electron chi connectivity index (χ3n) is 8.35. The second kappa shape index (κ2) is 8.85. The van der Waals surface area contributed by atoms with Gasteiger partial charge in [-0.15, -0.1) is 0 Å². The predicted octanol–water partition coefficient (Wildman–Crippen LogP) is 6.59. The van der Waals surface area contributed by atoms with E-state index in [9.17, 15) is 9.90 Å². The highest BCUT2D eigenvalue weighted by Gasteiger charge is 2.66. The van der Waals surface area contributed by atoms with Gasteiger partial charge in [-0.05, 0) is 79.5 Å². The second-order valence-corrected chi connectivity index (χ2v) is 11.1. The first kappa shape index (κ1) is 23.4.